The summed E-state index contributed by atoms with van der Waals surface area (Å²) >= 11 is 0. The van der Waals surface area contributed by atoms with Gasteiger partial charge in [-0.25, -0.2) is 17.9 Å². The molecule has 102 valence electrons. The molecule has 0 aliphatic heterocycles. The summed E-state index contributed by atoms with van der Waals surface area (Å²) in [5, 5.41) is 18.2. The summed E-state index contributed by atoms with van der Waals surface area (Å²) in [4.78, 5) is 10.5. The highest BCUT2D eigenvalue weighted by atomic mass is 32.2. The maximum absolute atomic E-state index is 12.0. The third-order valence-corrected chi connectivity index (χ3v) is 3.86. The SMILES string of the molecule is Cc1[nH]nc(C(=O)O)c1S(=O)(=O)NCc1ccon1. The lowest BCUT2D eigenvalue weighted by Gasteiger charge is -2.04. The van der Waals surface area contributed by atoms with Crippen molar-refractivity contribution < 1.29 is 22.8 Å². The molecule has 2 aromatic heterocycles. The molecule has 2 rings (SSSR count). The van der Waals surface area contributed by atoms with Crippen LogP contribution < -0.4 is 4.72 Å². The monoisotopic (exact) mass is 286 g/mol. The van der Waals surface area contributed by atoms with E-state index in [0.29, 0.717) is 5.69 Å². The first-order valence-corrected chi connectivity index (χ1v) is 6.57. The second-order valence-corrected chi connectivity index (χ2v) is 5.35. The molecule has 0 spiro atoms. The Morgan fingerprint density at radius 2 is 2.32 bits per heavy atom. The van der Waals surface area contributed by atoms with Gasteiger partial charge in [0.15, 0.2) is 5.69 Å². The van der Waals surface area contributed by atoms with Gasteiger partial charge in [0, 0.05) is 6.07 Å². The minimum Gasteiger partial charge on any atom is -0.476 e. The average molecular weight is 286 g/mol. The fraction of sp³-hybridized carbons (Fsp3) is 0.222. The second-order valence-electron chi connectivity index (χ2n) is 3.65. The molecule has 2 heterocycles. The van der Waals surface area contributed by atoms with Crippen LogP contribution in [-0.2, 0) is 16.6 Å². The predicted molar refractivity (Wildman–Crippen MR) is 60.8 cm³/mol. The van der Waals surface area contributed by atoms with Gasteiger partial charge in [-0.3, -0.25) is 5.10 Å². The quantitative estimate of drug-likeness (QED) is 0.696. The number of carbonyl (C=O) groups is 1. The summed E-state index contributed by atoms with van der Waals surface area (Å²) in [5.41, 5.74) is -0.0307. The lowest BCUT2D eigenvalue weighted by molar-refractivity contribution is 0.0686. The van der Waals surface area contributed by atoms with Crippen molar-refractivity contribution in [1.29, 1.82) is 0 Å². The smallest absolute Gasteiger partial charge is 0.357 e. The second kappa shape index (κ2) is 4.82. The molecular formula is C9H10N4O5S. The average Bonchev–Trinajstić information content (AvgIpc) is 2.95. The topological polar surface area (TPSA) is 138 Å². The third kappa shape index (κ3) is 2.63. The number of rotatable bonds is 5. The van der Waals surface area contributed by atoms with Gasteiger partial charge in [-0.15, -0.1) is 0 Å². The molecule has 0 saturated carbocycles. The first-order chi connectivity index (χ1) is 8.92. The van der Waals surface area contributed by atoms with Gasteiger partial charge in [0.1, 0.15) is 11.2 Å². The molecule has 0 aliphatic carbocycles. The van der Waals surface area contributed by atoms with Crippen molar-refractivity contribution in [2.45, 2.75) is 18.4 Å². The Balaban J connectivity index is 2.29. The zero-order valence-electron chi connectivity index (χ0n) is 9.74. The first kappa shape index (κ1) is 13.2. The lowest BCUT2D eigenvalue weighted by Crippen LogP contribution is -2.25. The standard InChI is InChI=1S/C9H10N4O5S/c1-5-8(7(9(14)15)12-11-5)19(16,17)10-4-6-2-3-18-13-6/h2-3,10H,4H2,1H3,(H,11,12)(H,14,15). The molecule has 0 amide bonds. The van der Waals surface area contributed by atoms with Crippen LogP contribution in [-0.4, -0.2) is 34.8 Å². The Hall–Kier alpha value is -2.20. The number of nitrogens with one attached hydrogen (secondary N) is 2. The fourth-order valence-corrected chi connectivity index (χ4v) is 2.78. The Kier molecular flexibility index (Phi) is 3.36. The minimum absolute atomic E-state index is 0.109. The molecule has 19 heavy (non-hydrogen) atoms. The van der Waals surface area contributed by atoms with Gasteiger partial charge in [0.2, 0.25) is 10.0 Å². The molecular weight excluding hydrogens is 276 g/mol. The van der Waals surface area contributed by atoms with Crippen molar-refractivity contribution in [2.75, 3.05) is 0 Å². The van der Waals surface area contributed by atoms with Gasteiger partial charge in [-0.2, -0.15) is 5.10 Å². The summed E-state index contributed by atoms with van der Waals surface area (Å²) in [6.45, 7) is 1.31. The molecule has 0 saturated heterocycles. The number of carboxylic acid groups (broad SMARTS) is 1. The molecule has 0 fully saturated rings. The zero-order chi connectivity index (χ0) is 14.0. The number of aryl methyl sites for hydroxylation is 1. The van der Waals surface area contributed by atoms with Crippen LogP contribution in [0.3, 0.4) is 0 Å². The number of aromatic nitrogens is 3. The number of nitrogens with zero attached hydrogens (tertiary/aromatic N) is 2. The van der Waals surface area contributed by atoms with E-state index in [2.05, 4.69) is 24.6 Å². The maximum atomic E-state index is 12.0. The minimum atomic E-state index is -4.01. The van der Waals surface area contributed by atoms with Gasteiger partial charge in [-0.1, -0.05) is 5.16 Å². The molecule has 0 unspecified atom stereocenters. The summed E-state index contributed by atoms with van der Waals surface area (Å²) in [7, 11) is -4.01. The van der Waals surface area contributed by atoms with Crippen molar-refractivity contribution in [3.8, 4) is 0 Å². The van der Waals surface area contributed by atoms with E-state index in [1.807, 2.05) is 0 Å². The fourth-order valence-electron chi connectivity index (χ4n) is 1.46. The van der Waals surface area contributed by atoms with Crippen molar-refractivity contribution in [3.05, 3.63) is 29.4 Å². The van der Waals surface area contributed by atoms with Gasteiger partial charge >= 0.3 is 5.97 Å². The molecule has 0 aliphatic rings. The number of sulfonamides is 1. The first-order valence-electron chi connectivity index (χ1n) is 5.09. The Morgan fingerprint density at radius 3 is 2.89 bits per heavy atom. The molecule has 2 aromatic rings. The summed E-state index contributed by atoms with van der Waals surface area (Å²) in [6, 6.07) is 1.49. The van der Waals surface area contributed by atoms with E-state index in [1.165, 1.54) is 19.3 Å². The van der Waals surface area contributed by atoms with E-state index in [0.717, 1.165) is 0 Å². The normalized spacial score (nSPS) is 11.6. The highest BCUT2D eigenvalue weighted by molar-refractivity contribution is 7.89. The molecule has 0 aromatic carbocycles. The summed E-state index contributed by atoms with van der Waals surface area (Å²) < 4.78 is 30.9. The number of hydrogen-bond acceptors (Lipinski definition) is 6. The number of carboxylic acids is 1. The number of hydrogen-bond donors (Lipinski definition) is 3. The van der Waals surface area contributed by atoms with E-state index in [-0.39, 0.29) is 17.1 Å². The predicted octanol–water partition coefficient (Wildman–Crippen LogP) is -0.117. The number of H-pyrrole nitrogens is 1. The maximum Gasteiger partial charge on any atom is 0.357 e. The summed E-state index contributed by atoms with van der Waals surface area (Å²) in [6.07, 6.45) is 1.30. The summed E-state index contributed by atoms with van der Waals surface area (Å²) in [5.74, 6) is -1.42. The molecule has 3 N–H and O–H groups in total. The van der Waals surface area contributed by atoms with Gasteiger partial charge < -0.3 is 9.63 Å². The third-order valence-electron chi connectivity index (χ3n) is 2.30. The largest absolute Gasteiger partial charge is 0.476 e. The van der Waals surface area contributed by atoms with Crippen LogP contribution in [0.2, 0.25) is 0 Å². The molecule has 9 nitrogen and oxygen atoms in total. The highest BCUT2D eigenvalue weighted by Gasteiger charge is 2.28. The van der Waals surface area contributed by atoms with Gasteiger partial charge in [0.05, 0.1) is 17.9 Å². The van der Waals surface area contributed by atoms with Crippen LogP contribution in [0.25, 0.3) is 0 Å². The van der Waals surface area contributed by atoms with E-state index >= 15 is 0 Å². The molecule has 10 heteroatoms. The van der Waals surface area contributed by atoms with Crippen LogP contribution in [0.4, 0.5) is 0 Å². The van der Waals surface area contributed by atoms with Gasteiger partial charge in [0.25, 0.3) is 0 Å². The number of aromatic amines is 1. The van der Waals surface area contributed by atoms with Crippen LogP contribution in [0.1, 0.15) is 21.9 Å². The van der Waals surface area contributed by atoms with Crippen LogP contribution in [0, 0.1) is 6.92 Å². The van der Waals surface area contributed by atoms with Crippen LogP contribution in [0.5, 0.6) is 0 Å². The van der Waals surface area contributed by atoms with E-state index in [9.17, 15) is 13.2 Å². The van der Waals surface area contributed by atoms with Crippen LogP contribution >= 0.6 is 0 Å². The highest BCUT2D eigenvalue weighted by Crippen LogP contribution is 2.17. The molecule has 0 bridgehead atoms. The molecule has 0 atom stereocenters. The lowest BCUT2D eigenvalue weighted by atomic mass is 10.4. The molecule has 0 radical (unpaired) electrons. The van der Waals surface area contributed by atoms with Gasteiger partial charge in [-0.05, 0) is 6.92 Å². The van der Waals surface area contributed by atoms with E-state index < -0.39 is 21.7 Å². The van der Waals surface area contributed by atoms with E-state index in [4.69, 9.17) is 5.11 Å². The van der Waals surface area contributed by atoms with Crippen LogP contribution in [0.15, 0.2) is 21.7 Å². The zero-order valence-corrected chi connectivity index (χ0v) is 10.6. The Morgan fingerprint density at radius 1 is 1.58 bits per heavy atom. The Labute approximate surface area is 107 Å². The van der Waals surface area contributed by atoms with E-state index in [1.54, 1.807) is 0 Å². The van der Waals surface area contributed by atoms with Crippen molar-refractivity contribution >= 4 is 16.0 Å². The van der Waals surface area contributed by atoms with Crippen molar-refractivity contribution in [1.82, 2.24) is 20.1 Å². The van der Waals surface area contributed by atoms with Crippen molar-refractivity contribution in [3.63, 3.8) is 0 Å². The Bertz CT molecular complexity index is 688. The number of aromatic carboxylic acids is 1. The van der Waals surface area contributed by atoms with Crippen molar-refractivity contribution in [2.24, 2.45) is 0 Å².